The summed E-state index contributed by atoms with van der Waals surface area (Å²) in [6.45, 7) is 1.41. The maximum atomic E-state index is 13.9. The molecule has 2 aromatic rings. The van der Waals surface area contributed by atoms with Gasteiger partial charge in [0.05, 0.1) is 0 Å². The summed E-state index contributed by atoms with van der Waals surface area (Å²) in [5, 5.41) is 0. The van der Waals surface area contributed by atoms with Crippen molar-refractivity contribution < 1.29 is 17.2 Å². The van der Waals surface area contributed by atoms with E-state index in [1.54, 1.807) is 0 Å². The third-order valence-corrected chi connectivity index (χ3v) is 5.09. The fourth-order valence-electron chi connectivity index (χ4n) is 1.67. The second kappa shape index (κ2) is 5.61. The Morgan fingerprint density at radius 3 is 2.48 bits per heavy atom. The molecule has 3 N–H and O–H groups in total. The molecule has 0 saturated heterocycles. The van der Waals surface area contributed by atoms with Gasteiger partial charge in [-0.05, 0) is 52.7 Å². The number of anilines is 2. The number of nitrogens with two attached hydrogens (primary N) is 1. The Morgan fingerprint density at radius 1 is 1.19 bits per heavy atom. The van der Waals surface area contributed by atoms with E-state index in [4.69, 9.17) is 5.73 Å². The molecule has 0 aliphatic heterocycles. The first-order chi connectivity index (χ1) is 9.72. The highest BCUT2D eigenvalue weighted by molar-refractivity contribution is 9.10. The number of sulfonamides is 1. The Hall–Kier alpha value is -1.67. The second-order valence-electron chi connectivity index (χ2n) is 4.35. The third kappa shape index (κ3) is 3.16. The SMILES string of the molecule is Cc1ccc(F)c(NS(=O)(=O)c2ccc(N)cc2Br)c1F. The molecule has 0 aliphatic rings. The van der Waals surface area contributed by atoms with Crippen molar-refractivity contribution in [2.45, 2.75) is 11.8 Å². The van der Waals surface area contributed by atoms with Crippen LogP contribution in [0, 0.1) is 18.6 Å². The van der Waals surface area contributed by atoms with Crippen molar-refractivity contribution in [3.8, 4) is 0 Å². The molecule has 112 valence electrons. The first-order valence-corrected chi connectivity index (χ1v) is 8.02. The molecule has 8 heteroatoms. The van der Waals surface area contributed by atoms with E-state index in [1.165, 1.54) is 31.2 Å². The van der Waals surface area contributed by atoms with E-state index in [0.29, 0.717) is 5.69 Å². The van der Waals surface area contributed by atoms with Crippen LogP contribution in [0.1, 0.15) is 5.56 Å². The smallest absolute Gasteiger partial charge is 0.263 e. The van der Waals surface area contributed by atoms with E-state index in [2.05, 4.69) is 15.9 Å². The number of benzene rings is 2. The molecule has 0 atom stereocenters. The summed E-state index contributed by atoms with van der Waals surface area (Å²) in [5.41, 5.74) is 5.30. The van der Waals surface area contributed by atoms with Crippen LogP contribution >= 0.6 is 15.9 Å². The number of hydrogen-bond donors (Lipinski definition) is 2. The normalized spacial score (nSPS) is 11.4. The molecule has 4 nitrogen and oxygen atoms in total. The average Bonchev–Trinajstić information content (AvgIpc) is 2.39. The van der Waals surface area contributed by atoms with Crippen molar-refractivity contribution in [2.24, 2.45) is 0 Å². The van der Waals surface area contributed by atoms with Gasteiger partial charge < -0.3 is 5.73 Å². The number of halogens is 3. The van der Waals surface area contributed by atoms with Crippen LogP contribution < -0.4 is 10.5 Å². The van der Waals surface area contributed by atoms with E-state index in [0.717, 1.165) is 6.07 Å². The molecule has 0 aliphatic carbocycles. The van der Waals surface area contributed by atoms with Crippen molar-refractivity contribution >= 4 is 37.3 Å². The molecular formula is C13H11BrF2N2O2S. The van der Waals surface area contributed by atoms with Crippen molar-refractivity contribution in [3.63, 3.8) is 0 Å². The van der Waals surface area contributed by atoms with Gasteiger partial charge in [0.2, 0.25) is 0 Å². The minimum atomic E-state index is -4.15. The van der Waals surface area contributed by atoms with Crippen molar-refractivity contribution in [1.29, 1.82) is 0 Å². The summed E-state index contributed by atoms with van der Waals surface area (Å²) < 4.78 is 54.1. The van der Waals surface area contributed by atoms with E-state index in [9.17, 15) is 17.2 Å². The van der Waals surface area contributed by atoms with Crippen LogP contribution in [0.15, 0.2) is 39.7 Å². The number of aryl methyl sites for hydroxylation is 1. The highest BCUT2D eigenvalue weighted by Crippen LogP contribution is 2.29. The van der Waals surface area contributed by atoms with Gasteiger partial charge >= 0.3 is 0 Å². The molecule has 0 heterocycles. The van der Waals surface area contributed by atoms with E-state index in [1.807, 2.05) is 4.72 Å². The van der Waals surface area contributed by atoms with Crippen LogP contribution in [0.4, 0.5) is 20.2 Å². The molecule has 0 aromatic heterocycles. The Morgan fingerprint density at radius 2 is 1.86 bits per heavy atom. The summed E-state index contributed by atoms with van der Waals surface area (Å²) >= 11 is 3.06. The lowest BCUT2D eigenvalue weighted by Gasteiger charge is -2.12. The van der Waals surface area contributed by atoms with Gasteiger partial charge in [-0.25, -0.2) is 17.2 Å². The molecule has 0 radical (unpaired) electrons. The first kappa shape index (κ1) is 15.7. The Balaban J connectivity index is 2.50. The van der Waals surface area contributed by atoms with Gasteiger partial charge in [-0.1, -0.05) is 6.07 Å². The first-order valence-electron chi connectivity index (χ1n) is 5.75. The lowest BCUT2D eigenvalue weighted by Crippen LogP contribution is -2.16. The number of nitrogen functional groups attached to an aromatic ring is 1. The number of nitrogens with one attached hydrogen (secondary N) is 1. The van der Waals surface area contributed by atoms with Crippen LogP contribution in [-0.2, 0) is 10.0 Å². The highest BCUT2D eigenvalue weighted by Gasteiger charge is 2.22. The Bertz CT molecular complexity index is 810. The molecular weight excluding hydrogens is 366 g/mol. The molecule has 0 saturated carbocycles. The molecule has 0 fully saturated rings. The van der Waals surface area contributed by atoms with E-state index < -0.39 is 27.3 Å². The fraction of sp³-hybridized carbons (Fsp3) is 0.0769. The average molecular weight is 377 g/mol. The maximum Gasteiger partial charge on any atom is 0.263 e. The van der Waals surface area contributed by atoms with Crippen molar-refractivity contribution in [2.75, 3.05) is 10.5 Å². The molecule has 2 rings (SSSR count). The maximum absolute atomic E-state index is 13.9. The zero-order valence-electron chi connectivity index (χ0n) is 10.8. The van der Waals surface area contributed by atoms with Crippen LogP contribution in [0.2, 0.25) is 0 Å². The lowest BCUT2D eigenvalue weighted by molar-refractivity contribution is 0.578. The minimum absolute atomic E-state index is 0.130. The predicted molar refractivity (Wildman–Crippen MR) is 80.5 cm³/mol. The van der Waals surface area contributed by atoms with Gasteiger partial charge in [-0.15, -0.1) is 0 Å². The van der Waals surface area contributed by atoms with Crippen LogP contribution in [0.3, 0.4) is 0 Å². The molecule has 0 amide bonds. The molecule has 2 aromatic carbocycles. The standard InChI is InChI=1S/C13H11BrF2N2O2S/c1-7-2-4-10(15)13(12(7)16)18-21(19,20)11-5-3-8(17)6-9(11)14/h2-6,18H,17H2,1H3. The topological polar surface area (TPSA) is 72.2 Å². The van der Waals surface area contributed by atoms with Gasteiger partial charge in [0, 0.05) is 10.2 Å². The predicted octanol–water partition coefficient (Wildman–Crippen LogP) is 3.42. The summed E-state index contributed by atoms with van der Waals surface area (Å²) in [7, 11) is -4.15. The van der Waals surface area contributed by atoms with Gasteiger partial charge in [0.15, 0.2) is 5.82 Å². The van der Waals surface area contributed by atoms with Crippen molar-refractivity contribution in [1.82, 2.24) is 0 Å². The third-order valence-electron chi connectivity index (χ3n) is 2.77. The van der Waals surface area contributed by atoms with Gasteiger partial charge in [0.25, 0.3) is 10.0 Å². The van der Waals surface area contributed by atoms with Crippen molar-refractivity contribution in [3.05, 3.63) is 52.0 Å². The highest BCUT2D eigenvalue weighted by atomic mass is 79.9. The molecule has 0 bridgehead atoms. The van der Waals surface area contributed by atoms with Crippen LogP contribution in [0.5, 0.6) is 0 Å². The minimum Gasteiger partial charge on any atom is -0.399 e. The lowest BCUT2D eigenvalue weighted by atomic mass is 10.2. The summed E-state index contributed by atoms with van der Waals surface area (Å²) in [6, 6.07) is 6.23. The zero-order chi connectivity index (χ0) is 15.8. The number of rotatable bonds is 3. The fourth-order valence-corrected chi connectivity index (χ4v) is 3.84. The summed E-state index contributed by atoms with van der Waals surface area (Å²) in [5.74, 6) is -1.95. The second-order valence-corrected chi connectivity index (χ2v) is 6.85. The monoisotopic (exact) mass is 376 g/mol. The Labute approximate surface area is 129 Å². The Kier molecular flexibility index (Phi) is 4.20. The van der Waals surface area contributed by atoms with Gasteiger partial charge in [-0.2, -0.15) is 0 Å². The largest absolute Gasteiger partial charge is 0.399 e. The summed E-state index contributed by atoms with van der Waals surface area (Å²) in [6.07, 6.45) is 0. The quantitative estimate of drug-likeness (QED) is 0.806. The zero-order valence-corrected chi connectivity index (χ0v) is 13.2. The number of hydrogen-bond acceptors (Lipinski definition) is 3. The van der Waals surface area contributed by atoms with E-state index in [-0.39, 0.29) is 14.9 Å². The van der Waals surface area contributed by atoms with Crippen LogP contribution in [0.25, 0.3) is 0 Å². The summed E-state index contributed by atoms with van der Waals surface area (Å²) in [4.78, 5) is -0.169. The van der Waals surface area contributed by atoms with Gasteiger partial charge in [0.1, 0.15) is 16.4 Å². The van der Waals surface area contributed by atoms with Crippen LogP contribution in [-0.4, -0.2) is 8.42 Å². The molecule has 0 spiro atoms. The molecule has 21 heavy (non-hydrogen) atoms. The van der Waals surface area contributed by atoms with E-state index >= 15 is 0 Å². The molecule has 0 unspecified atom stereocenters. The van der Waals surface area contributed by atoms with Gasteiger partial charge in [-0.3, -0.25) is 4.72 Å².